The summed E-state index contributed by atoms with van der Waals surface area (Å²) < 4.78 is 11.7. The number of halogens is 1. The molecule has 6 heteroatoms. The Bertz CT molecular complexity index is 931. The second-order valence-electron chi connectivity index (χ2n) is 5.41. The van der Waals surface area contributed by atoms with E-state index in [1.807, 2.05) is 42.5 Å². The van der Waals surface area contributed by atoms with Crippen molar-refractivity contribution in [2.45, 2.75) is 13.2 Å². The van der Waals surface area contributed by atoms with Crippen LogP contribution in [0.1, 0.15) is 24.5 Å². The first-order valence-electron chi connectivity index (χ1n) is 7.42. The SMILES string of the molecule is CC(=O)N1N=C(c2cc3ccccc3o2)OC1c1ccccc1Cl. The average Bonchev–Trinajstić information content (AvgIpc) is 3.19. The Kier molecular flexibility index (Phi) is 3.50. The summed E-state index contributed by atoms with van der Waals surface area (Å²) in [6, 6.07) is 16.7. The fourth-order valence-electron chi connectivity index (χ4n) is 2.63. The van der Waals surface area contributed by atoms with Crippen molar-refractivity contribution in [3.05, 3.63) is 70.9 Å². The minimum atomic E-state index is -0.709. The number of ether oxygens (including phenoxy) is 1. The molecule has 0 saturated heterocycles. The highest BCUT2D eigenvalue weighted by Gasteiger charge is 2.35. The van der Waals surface area contributed by atoms with E-state index in [2.05, 4.69) is 5.10 Å². The molecule has 0 N–H and O–H groups in total. The van der Waals surface area contributed by atoms with E-state index in [0.29, 0.717) is 16.3 Å². The molecule has 1 amide bonds. The quantitative estimate of drug-likeness (QED) is 0.698. The Hall–Kier alpha value is -2.79. The van der Waals surface area contributed by atoms with Gasteiger partial charge in [-0.25, -0.2) is 0 Å². The molecule has 1 aromatic heterocycles. The maximum Gasteiger partial charge on any atom is 0.277 e. The van der Waals surface area contributed by atoms with Gasteiger partial charge in [-0.2, -0.15) is 5.01 Å². The molecule has 120 valence electrons. The molecule has 24 heavy (non-hydrogen) atoms. The largest absolute Gasteiger partial charge is 0.451 e. The van der Waals surface area contributed by atoms with E-state index in [0.717, 1.165) is 11.0 Å². The number of nitrogens with zero attached hydrogens (tertiary/aromatic N) is 2. The van der Waals surface area contributed by atoms with Gasteiger partial charge in [0, 0.05) is 22.9 Å². The number of benzene rings is 2. The fourth-order valence-corrected chi connectivity index (χ4v) is 2.86. The van der Waals surface area contributed by atoms with Crippen molar-refractivity contribution >= 4 is 34.4 Å². The van der Waals surface area contributed by atoms with E-state index >= 15 is 0 Å². The van der Waals surface area contributed by atoms with Crippen LogP contribution in [0, 0.1) is 0 Å². The third kappa shape index (κ3) is 2.43. The summed E-state index contributed by atoms with van der Waals surface area (Å²) in [5.41, 5.74) is 1.40. The van der Waals surface area contributed by atoms with Crippen molar-refractivity contribution < 1.29 is 13.9 Å². The Balaban J connectivity index is 1.74. The van der Waals surface area contributed by atoms with Crippen LogP contribution in [-0.4, -0.2) is 16.8 Å². The average molecular weight is 341 g/mol. The molecule has 1 unspecified atom stereocenters. The van der Waals surface area contributed by atoms with E-state index < -0.39 is 6.23 Å². The van der Waals surface area contributed by atoms with E-state index in [4.69, 9.17) is 20.8 Å². The Labute approximate surface area is 143 Å². The molecule has 5 nitrogen and oxygen atoms in total. The third-order valence-corrected chi connectivity index (χ3v) is 4.12. The molecule has 0 radical (unpaired) electrons. The molecule has 0 bridgehead atoms. The molecule has 0 fully saturated rings. The van der Waals surface area contributed by atoms with Crippen molar-refractivity contribution in [3.63, 3.8) is 0 Å². The number of amides is 1. The van der Waals surface area contributed by atoms with Crippen LogP contribution >= 0.6 is 11.6 Å². The van der Waals surface area contributed by atoms with Gasteiger partial charge >= 0.3 is 0 Å². The molecule has 2 heterocycles. The van der Waals surface area contributed by atoms with Crippen LogP contribution in [0.2, 0.25) is 5.02 Å². The summed E-state index contributed by atoms with van der Waals surface area (Å²) in [5.74, 6) is 0.481. The number of hydrogen-bond donors (Lipinski definition) is 0. The maximum absolute atomic E-state index is 12.0. The summed E-state index contributed by atoms with van der Waals surface area (Å²) in [5, 5.41) is 6.99. The number of carbonyl (C=O) groups is 1. The highest BCUT2D eigenvalue weighted by atomic mass is 35.5. The summed E-state index contributed by atoms with van der Waals surface area (Å²) in [6.07, 6.45) is -0.709. The third-order valence-electron chi connectivity index (χ3n) is 3.77. The van der Waals surface area contributed by atoms with Crippen LogP contribution in [0.4, 0.5) is 0 Å². The van der Waals surface area contributed by atoms with Gasteiger partial charge in [0.1, 0.15) is 5.58 Å². The first kappa shape index (κ1) is 14.8. The maximum atomic E-state index is 12.0. The topological polar surface area (TPSA) is 55.0 Å². The molecule has 1 aliphatic rings. The summed E-state index contributed by atoms with van der Waals surface area (Å²) in [6.45, 7) is 1.43. The van der Waals surface area contributed by atoms with Gasteiger partial charge in [-0.3, -0.25) is 4.79 Å². The minimum absolute atomic E-state index is 0.244. The molecule has 2 aromatic carbocycles. The molecule has 3 aromatic rings. The van der Waals surface area contributed by atoms with E-state index in [-0.39, 0.29) is 11.8 Å². The van der Waals surface area contributed by atoms with Crippen LogP contribution in [0.15, 0.2) is 64.1 Å². The highest BCUT2D eigenvalue weighted by molar-refractivity contribution is 6.31. The first-order chi connectivity index (χ1) is 11.6. The Morgan fingerprint density at radius 3 is 2.67 bits per heavy atom. The van der Waals surface area contributed by atoms with E-state index in [9.17, 15) is 4.79 Å². The standard InChI is InChI=1S/C18H13ClN2O3/c1-11(22)21-18(13-7-3-4-8-14(13)19)24-17(20-21)16-10-12-6-2-5-9-15(12)23-16/h2-10,18H,1H3. The van der Waals surface area contributed by atoms with Gasteiger partial charge in [0.15, 0.2) is 5.76 Å². The number of hydrogen-bond acceptors (Lipinski definition) is 4. The lowest BCUT2D eigenvalue weighted by atomic mass is 10.2. The normalized spacial score (nSPS) is 17.0. The first-order valence-corrected chi connectivity index (χ1v) is 7.80. The lowest BCUT2D eigenvalue weighted by Crippen LogP contribution is -2.25. The predicted molar refractivity (Wildman–Crippen MR) is 90.5 cm³/mol. The zero-order valence-electron chi connectivity index (χ0n) is 12.8. The molecule has 0 aliphatic carbocycles. The number of carbonyl (C=O) groups excluding carboxylic acids is 1. The number of para-hydroxylation sites is 1. The van der Waals surface area contributed by atoms with Crippen molar-refractivity contribution in [1.82, 2.24) is 5.01 Å². The summed E-state index contributed by atoms with van der Waals surface area (Å²) >= 11 is 6.24. The molecular formula is C18H13ClN2O3. The van der Waals surface area contributed by atoms with Crippen LogP contribution in [-0.2, 0) is 9.53 Å². The van der Waals surface area contributed by atoms with Crippen LogP contribution in [0.25, 0.3) is 11.0 Å². The number of furan rings is 1. The smallest absolute Gasteiger partial charge is 0.277 e. The van der Waals surface area contributed by atoms with E-state index in [1.165, 1.54) is 11.9 Å². The second-order valence-corrected chi connectivity index (χ2v) is 5.82. The van der Waals surface area contributed by atoms with Crippen LogP contribution in [0.3, 0.4) is 0 Å². The molecule has 0 saturated carbocycles. The van der Waals surface area contributed by atoms with Crippen LogP contribution < -0.4 is 0 Å². The lowest BCUT2D eigenvalue weighted by molar-refractivity contribution is -0.135. The monoisotopic (exact) mass is 340 g/mol. The van der Waals surface area contributed by atoms with Gasteiger partial charge < -0.3 is 9.15 Å². The summed E-state index contributed by atoms with van der Waals surface area (Å²) in [4.78, 5) is 12.0. The van der Waals surface area contributed by atoms with Gasteiger partial charge in [-0.15, -0.1) is 5.10 Å². The summed E-state index contributed by atoms with van der Waals surface area (Å²) in [7, 11) is 0. The van der Waals surface area contributed by atoms with Crippen molar-refractivity contribution in [1.29, 1.82) is 0 Å². The van der Waals surface area contributed by atoms with Gasteiger partial charge in [-0.05, 0) is 18.2 Å². The minimum Gasteiger partial charge on any atom is -0.451 e. The fraction of sp³-hybridized carbons (Fsp3) is 0.111. The van der Waals surface area contributed by atoms with Crippen molar-refractivity contribution in [2.24, 2.45) is 5.10 Å². The molecular weight excluding hydrogens is 328 g/mol. The van der Waals surface area contributed by atoms with Gasteiger partial charge in [-0.1, -0.05) is 48.0 Å². The molecule has 4 rings (SSSR count). The molecule has 1 aliphatic heterocycles. The van der Waals surface area contributed by atoms with Gasteiger partial charge in [0.2, 0.25) is 12.1 Å². The predicted octanol–water partition coefficient (Wildman–Crippen LogP) is 4.33. The molecule has 1 atom stereocenters. The second kappa shape index (κ2) is 5.69. The van der Waals surface area contributed by atoms with Gasteiger partial charge in [0.25, 0.3) is 5.90 Å². The zero-order valence-corrected chi connectivity index (χ0v) is 13.5. The highest BCUT2D eigenvalue weighted by Crippen LogP contribution is 2.34. The molecule has 0 spiro atoms. The van der Waals surface area contributed by atoms with Crippen molar-refractivity contribution in [2.75, 3.05) is 0 Å². The van der Waals surface area contributed by atoms with Crippen molar-refractivity contribution in [3.8, 4) is 0 Å². The Morgan fingerprint density at radius 1 is 1.17 bits per heavy atom. The zero-order chi connectivity index (χ0) is 16.7. The van der Waals surface area contributed by atoms with Crippen LogP contribution in [0.5, 0.6) is 0 Å². The number of hydrazone groups is 1. The number of rotatable bonds is 2. The van der Waals surface area contributed by atoms with Gasteiger partial charge in [0.05, 0.1) is 0 Å². The Morgan fingerprint density at radius 2 is 1.92 bits per heavy atom. The lowest BCUT2D eigenvalue weighted by Gasteiger charge is -2.19. The number of fused-ring (bicyclic) bond motifs is 1. The van der Waals surface area contributed by atoms with E-state index in [1.54, 1.807) is 12.1 Å².